The lowest BCUT2D eigenvalue weighted by molar-refractivity contribution is 1.26. The average molecular weight is 234 g/mol. The van der Waals surface area contributed by atoms with Crippen LogP contribution in [0.25, 0.3) is 11.6 Å². The van der Waals surface area contributed by atoms with E-state index in [2.05, 4.69) is 63.3 Å². The van der Waals surface area contributed by atoms with Gasteiger partial charge in [0.15, 0.2) is 0 Å². The molecule has 0 spiro atoms. The molecular formula is C18H18. The lowest BCUT2D eigenvalue weighted by atomic mass is 9.92. The predicted molar refractivity (Wildman–Crippen MR) is 79.1 cm³/mol. The maximum atomic E-state index is 2.35. The Morgan fingerprint density at radius 3 is 2.56 bits per heavy atom. The second-order valence-corrected chi connectivity index (χ2v) is 5.29. The molecule has 0 saturated carbocycles. The Labute approximate surface area is 109 Å². The standard InChI is InChI=1S/C18H18/c1-12(2)18-16-9-5-4-8-14(16)11-17(18)15-10-6-7-13(15)3/h4-9,11H,10H2,1-3H3. The van der Waals surface area contributed by atoms with Gasteiger partial charge in [0, 0.05) is 0 Å². The fourth-order valence-electron chi connectivity index (χ4n) is 2.94. The van der Waals surface area contributed by atoms with Crippen LogP contribution in [0.3, 0.4) is 0 Å². The van der Waals surface area contributed by atoms with E-state index in [4.69, 9.17) is 0 Å². The second kappa shape index (κ2) is 4.13. The van der Waals surface area contributed by atoms with Crippen LogP contribution in [0.15, 0.2) is 58.7 Å². The first-order valence-electron chi connectivity index (χ1n) is 6.54. The second-order valence-electron chi connectivity index (χ2n) is 5.29. The molecule has 0 unspecified atom stereocenters. The lowest BCUT2D eigenvalue weighted by Crippen LogP contribution is -1.92. The summed E-state index contributed by atoms with van der Waals surface area (Å²) < 4.78 is 0. The van der Waals surface area contributed by atoms with Gasteiger partial charge in [-0.3, -0.25) is 0 Å². The van der Waals surface area contributed by atoms with Crippen LogP contribution >= 0.6 is 0 Å². The first-order valence-corrected chi connectivity index (χ1v) is 6.54. The molecule has 0 heterocycles. The number of hydrogen-bond donors (Lipinski definition) is 0. The quantitative estimate of drug-likeness (QED) is 0.630. The summed E-state index contributed by atoms with van der Waals surface area (Å²) in [5.41, 5.74) is 9.91. The molecule has 0 aromatic heterocycles. The van der Waals surface area contributed by atoms with Crippen molar-refractivity contribution in [3.05, 3.63) is 69.8 Å². The zero-order valence-electron chi connectivity index (χ0n) is 11.2. The summed E-state index contributed by atoms with van der Waals surface area (Å²) in [5, 5.41) is 0. The van der Waals surface area contributed by atoms with E-state index in [9.17, 15) is 0 Å². The van der Waals surface area contributed by atoms with Gasteiger partial charge in [0.05, 0.1) is 0 Å². The summed E-state index contributed by atoms with van der Waals surface area (Å²) in [7, 11) is 0. The van der Waals surface area contributed by atoms with Gasteiger partial charge in [0.25, 0.3) is 0 Å². The Hall–Kier alpha value is -1.82. The van der Waals surface area contributed by atoms with Gasteiger partial charge < -0.3 is 0 Å². The maximum Gasteiger partial charge on any atom is -0.00854 e. The van der Waals surface area contributed by atoms with Crippen LogP contribution in [-0.4, -0.2) is 0 Å². The van der Waals surface area contributed by atoms with Crippen LogP contribution < -0.4 is 0 Å². The van der Waals surface area contributed by atoms with Crippen LogP contribution in [0, 0.1) is 0 Å². The van der Waals surface area contributed by atoms with Crippen molar-refractivity contribution < 1.29 is 0 Å². The average Bonchev–Trinajstić information content (AvgIpc) is 2.91. The molecule has 2 aliphatic carbocycles. The molecule has 0 nitrogen and oxygen atoms in total. The normalized spacial score (nSPS) is 17.3. The van der Waals surface area contributed by atoms with E-state index in [1.165, 1.54) is 39.0 Å². The van der Waals surface area contributed by atoms with Gasteiger partial charge in [-0.05, 0) is 66.7 Å². The van der Waals surface area contributed by atoms with E-state index in [-0.39, 0.29) is 0 Å². The fraction of sp³-hybridized carbons (Fsp3) is 0.222. The highest BCUT2D eigenvalue weighted by Gasteiger charge is 2.23. The van der Waals surface area contributed by atoms with Gasteiger partial charge in [-0.15, -0.1) is 0 Å². The fourth-order valence-corrected chi connectivity index (χ4v) is 2.94. The number of rotatable bonds is 1. The largest absolute Gasteiger partial charge is 0.0798 e. The van der Waals surface area contributed by atoms with Crippen LogP contribution in [0.5, 0.6) is 0 Å². The summed E-state index contributed by atoms with van der Waals surface area (Å²) in [6.07, 6.45) is 7.92. The molecule has 0 aliphatic heterocycles. The highest BCUT2D eigenvalue weighted by atomic mass is 14.3. The van der Waals surface area contributed by atoms with Gasteiger partial charge in [-0.1, -0.05) is 42.0 Å². The van der Waals surface area contributed by atoms with E-state index in [1.54, 1.807) is 0 Å². The smallest absolute Gasteiger partial charge is 0.00854 e. The molecule has 0 radical (unpaired) electrons. The highest BCUT2D eigenvalue weighted by molar-refractivity contribution is 5.99. The molecule has 1 aromatic carbocycles. The Morgan fingerprint density at radius 1 is 1.11 bits per heavy atom. The van der Waals surface area contributed by atoms with E-state index in [0.717, 1.165) is 6.42 Å². The van der Waals surface area contributed by atoms with Crippen molar-refractivity contribution in [3.8, 4) is 0 Å². The number of hydrogen-bond acceptors (Lipinski definition) is 0. The summed E-state index contributed by atoms with van der Waals surface area (Å²) >= 11 is 0. The number of allylic oxidation sites excluding steroid dienone is 7. The van der Waals surface area contributed by atoms with Crippen molar-refractivity contribution in [2.24, 2.45) is 0 Å². The molecule has 0 amide bonds. The maximum absolute atomic E-state index is 2.35. The molecule has 90 valence electrons. The molecular weight excluding hydrogens is 216 g/mol. The highest BCUT2D eigenvalue weighted by Crippen LogP contribution is 2.43. The van der Waals surface area contributed by atoms with Crippen LogP contribution in [0.2, 0.25) is 0 Å². The van der Waals surface area contributed by atoms with Gasteiger partial charge >= 0.3 is 0 Å². The Balaban J connectivity index is 2.19. The van der Waals surface area contributed by atoms with Gasteiger partial charge in [-0.25, -0.2) is 0 Å². The van der Waals surface area contributed by atoms with Crippen molar-refractivity contribution in [3.63, 3.8) is 0 Å². The zero-order chi connectivity index (χ0) is 12.7. The van der Waals surface area contributed by atoms with E-state index < -0.39 is 0 Å². The van der Waals surface area contributed by atoms with Crippen molar-refractivity contribution in [2.75, 3.05) is 0 Å². The molecule has 2 aliphatic rings. The Kier molecular flexibility index (Phi) is 2.59. The minimum absolute atomic E-state index is 1.07. The molecule has 0 saturated heterocycles. The minimum atomic E-state index is 1.07. The monoisotopic (exact) mass is 234 g/mol. The van der Waals surface area contributed by atoms with Gasteiger partial charge in [0.2, 0.25) is 0 Å². The van der Waals surface area contributed by atoms with E-state index in [1.807, 2.05) is 0 Å². The third kappa shape index (κ3) is 1.60. The molecule has 1 aromatic rings. The van der Waals surface area contributed by atoms with Crippen LogP contribution in [0.1, 0.15) is 38.3 Å². The molecule has 18 heavy (non-hydrogen) atoms. The van der Waals surface area contributed by atoms with Crippen molar-refractivity contribution >= 4 is 11.6 Å². The third-order valence-electron chi connectivity index (χ3n) is 3.79. The molecule has 3 rings (SSSR count). The summed E-state index contributed by atoms with van der Waals surface area (Å²) in [6.45, 7) is 6.64. The van der Waals surface area contributed by atoms with Crippen molar-refractivity contribution in [1.82, 2.24) is 0 Å². The predicted octanol–water partition coefficient (Wildman–Crippen LogP) is 5.15. The third-order valence-corrected chi connectivity index (χ3v) is 3.79. The molecule has 0 heteroatoms. The van der Waals surface area contributed by atoms with Gasteiger partial charge in [0.1, 0.15) is 0 Å². The summed E-state index contributed by atoms with van der Waals surface area (Å²) in [4.78, 5) is 0. The van der Waals surface area contributed by atoms with E-state index in [0.29, 0.717) is 0 Å². The molecule has 0 fully saturated rings. The van der Waals surface area contributed by atoms with Crippen molar-refractivity contribution in [2.45, 2.75) is 27.2 Å². The van der Waals surface area contributed by atoms with Crippen LogP contribution in [0.4, 0.5) is 0 Å². The van der Waals surface area contributed by atoms with E-state index >= 15 is 0 Å². The first-order chi connectivity index (χ1) is 8.68. The van der Waals surface area contributed by atoms with Crippen molar-refractivity contribution in [1.29, 1.82) is 0 Å². The molecule has 0 atom stereocenters. The first kappa shape index (κ1) is 11.3. The lowest BCUT2D eigenvalue weighted by Gasteiger charge is -2.12. The minimum Gasteiger partial charge on any atom is -0.0798 e. The number of fused-ring (bicyclic) bond motifs is 1. The number of benzene rings is 1. The zero-order valence-corrected chi connectivity index (χ0v) is 11.2. The summed E-state index contributed by atoms with van der Waals surface area (Å²) in [6, 6.07) is 8.70. The topological polar surface area (TPSA) is 0 Å². The van der Waals surface area contributed by atoms with Crippen LogP contribution in [-0.2, 0) is 0 Å². The molecule has 0 bridgehead atoms. The SMILES string of the molecule is CC(C)=C1C(C2=C(C)C=CC2)=Cc2ccccc21. The molecule has 0 N–H and O–H groups in total. The Bertz CT molecular complexity index is 630. The Morgan fingerprint density at radius 2 is 1.89 bits per heavy atom. The van der Waals surface area contributed by atoms with Gasteiger partial charge in [-0.2, -0.15) is 0 Å². The summed E-state index contributed by atoms with van der Waals surface area (Å²) in [5.74, 6) is 0.